The summed E-state index contributed by atoms with van der Waals surface area (Å²) in [5.74, 6) is -0.779. The van der Waals surface area contributed by atoms with Gasteiger partial charge in [0.05, 0.1) is 13.0 Å². The third-order valence-electron chi connectivity index (χ3n) is 4.52. The van der Waals surface area contributed by atoms with Gasteiger partial charge in [-0.05, 0) is 24.0 Å². The standard InChI is InChI=1S/C20H21NO3/c1-24-20(23)17-13-8-14-21(17)19(22)18(15-9-4-2-5-10-15)16-11-6-3-7-12-16/h2-7,9-12,17-18H,8,13-14H2,1H3/t17-/m0/s1. The van der Waals surface area contributed by atoms with Crippen molar-refractivity contribution >= 4 is 11.9 Å². The molecule has 0 saturated carbocycles. The minimum atomic E-state index is -0.475. The number of carbonyl (C=O) groups excluding carboxylic acids is 2. The smallest absolute Gasteiger partial charge is 0.328 e. The Morgan fingerprint density at radius 3 is 2.04 bits per heavy atom. The lowest BCUT2D eigenvalue weighted by Gasteiger charge is -2.28. The Bertz CT molecular complexity index is 660. The molecule has 1 atom stereocenters. The second-order valence-electron chi connectivity index (χ2n) is 5.97. The van der Waals surface area contributed by atoms with E-state index in [0.29, 0.717) is 13.0 Å². The summed E-state index contributed by atoms with van der Waals surface area (Å²) in [6.07, 6.45) is 1.48. The van der Waals surface area contributed by atoms with Crippen molar-refractivity contribution in [2.75, 3.05) is 13.7 Å². The highest BCUT2D eigenvalue weighted by Crippen LogP contribution is 2.30. The predicted octanol–water partition coefficient (Wildman–Crippen LogP) is 2.98. The third kappa shape index (κ3) is 3.18. The fourth-order valence-corrected chi connectivity index (χ4v) is 3.35. The fraction of sp³-hybridized carbons (Fsp3) is 0.300. The first kappa shape index (κ1) is 16.2. The lowest BCUT2D eigenvalue weighted by Crippen LogP contribution is -2.43. The molecule has 1 aliphatic rings. The van der Waals surface area contributed by atoms with Crippen LogP contribution < -0.4 is 0 Å². The van der Waals surface area contributed by atoms with Crippen LogP contribution in [0.1, 0.15) is 29.9 Å². The maximum Gasteiger partial charge on any atom is 0.328 e. The highest BCUT2D eigenvalue weighted by atomic mass is 16.5. The van der Waals surface area contributed by atoms with Crippen molar-refractivity contribution in [2.24, 2.45) is 0 Å². The van der Waals surface area contributed by atoms with Gasteiger partial charge in [0, 0.05) is 6.54 Å². The number of benzene rings is 2. The van der Waals surface area contributed by atoms with Gasteiger partial charge in [0.25, 0.3) is 0 Å². The molecule has 3 rings (SSSR count). The molecule has 2 aromatic carbocycles. The molecule has 0 aromatic heterocycles. The van der Waals surface area contributed by atoms with E-state index in [4.69, 9.17) is 4.74 Å². The maximum atomic E-state index is 13.3. The molecule has 24 heavy (non-hydrogen) atoms. The number of rotatable bonds is 4. The molecule has 0 bridgehead atoms. The van der Waals surface area contributed by atoms with Gasteiger partial charge in [-0.1, -0.05) is 60.7 Å². The van der Waals surface area contributed by atoms with E-state index in [9.17, 15) is 9.59 Å². The second kappa shape index (κ2) is 7.30. The summed E-state index contributed by atoms with van der Waals surface area (Å²) < 4.78 is 4.87. The van der Waals surface area contributed by atoms with Crippen LogP contribution in [0, 0.1) is 0 Å². The minimum Gasteiger partial charge on any atom is -0.467 e. The maximum absolute atomic E-state index is 13.3. The van der Waals surface area contributed by atoms with E-state index in [1.807, 2.05) is 60.7 Å². The van der Waals surface area contributed by atoms with E-state index in [1.165, 1.54) is 7.11 Å². The largest absolute Gasteiger partial charge is 0.467 e. The SMILES string of the molecule is COC(=O)[C@@H]1CCCN1C(=O)C(c1ccccc1)c1ccccc1. The molecule has 1 saturated heterocycles. The molecule has 0 spiro atoms. The van der Waals surface area contributed by atoms with Gasteiger partial charge in [-0.2, -0.15) is 0 Å². The first-order valence-corrected chi connectivity index (χ1v) is 8.20. The Morgan fingerprint density at radius 1 is 1.00 bits per heavy atom. The minimum absolute atomic E-state index is 0.0414. The number of ether oxygens (including phenoxy) is 1. The van der Waals surface area contributed by atoms with Gasteiger partial charge in [-0.3, -0.25) is 4.79 Å². The van der Waals surface area contributed by atoms with Crippen LogP contribution in [0.25, 0.3) is 0 Å². The summed E-state index contributed by atoms with van der Waals surface area (Å²) in [5.41, 5.74) is 1.87. The molecule has 1 aliphatic heterocycles. The van der Waals surface area contributed by atoms with Gasteiger partial charge in [-0.15, -0.1) is 0 Å². The van der Waals surface area contributed by atoms with Crippen LogP contribution in [-0.4, -0.2) is 36.5 Å². The van der Waals surface area contributed by atoms with E-state index in [1.54, 1.807) is 4.90 Å². The average molecular weight is 323 g/mol. The molecule has 1 fully saturated rings. The van der Waals surface area contributed by atoms with Gasteiger partial charge in [0.2, 0.25) is 5.91 Å². The zero-order valence-electron chi connectivity index (χ0n) is 13.7. The third-order valence-corrected chi connectivity index (χ3v) is 4.52. The van der Waals surface area contributed by atoms with Crippen molar-refractivity contribution in [1.29, 1.82) is 0 Å². The second-order valence-corrected chi connectivity index (χ2v) is 5.97. The molecule has 0 unspecified atom stereocenters. The Labute approximate surface area is 142 Å². The number of amides is 1. The molecule has 0 N–H and O–H groups in total. The lowest BCUT2D eigenvalue weighted by molar-refractivity contribution is -0.151. The highest BCUT2D eigenvalue weighted by Gasteiger charge is 2.38. The van der Waals surface area contributed by atoms with Crippen LogP contribution in [0.5, 0.6) is 0 Å². The molecule has 1 amide bonds. The molecule has 1 heterocycles. The topological polar surface area (TPSA) is 46.6 Å². The molecule has 2 aromatic rings. The zero-order chi connectivity index (χ0) is 16.9. The van der Waals surface area contributed by atoms with Crippen LogP contribution in [0.3, 0.4) is 0 Å². The first-order chi connectivity index (χ1) is 11.7. The Balaban J connectivity index is 1.97. The molecular weight excluding hydrogens is 302 g/mol. The van der Waals surface area contributed by atoms with Crippen LogP contribution in [0.4, 0.5) is 0 Å². The van der Waals surface area contributed by atoms with Crippen molar-refractivity contribution in [2.45, 2.75) is 24.8 Å². The number of nitrogens with zero attached hydrogens (tertiary/aromatic N) is 1. The molecule has 4 nitrogen and oxygen atoms in total. The number of hydrogen-bond donors (Lipinski definition) is 0. The van der Waals surface area contributed by atoms with Crippen molar-refractivity contribution in [3.8, 4) is 0 Å². The predicted molar refractivity (Wildman–Crippen MR) is 91.5 cm³/mol. The van der Waals surface area contributed by atoms with E-state index < -0.39 is 12.0 Å². The van der Waals surface area contributed by atoms with Crippen LogP contribution >= 0.6 is 0 Å². The van der Waals surface area contributed by atoms with Gasteiger partial charge >= 0.3 is 5.97 Å². The fourth-order valence-electron chi connectivity index (χ4n) is 3.35. The summed E-state index contributed by atoms with van der Waals surface area (Å²) in [7, 11) is 1.37. The highest BCUT2D eigenvalue weighted by molar-refractivity contribution is 5.91. The Morgan fingerprint density at radius 2 is 1.54 bits per heavy atom. The molecule has 124 valence electrons. The Hall–Kier alpha value is -2.62. The average Bonchev–Trinajstić information content (AvgIpc) is 3.13. The lowest BCUT2D eigenvalue weighted by atomic mass is 9.90. The number of esters is 1. The number of methoxy groups -OCH3 is 1. The van der Waals surface area contributed by atoms with Crippen molar-refractivity contribution < 1.29 is 14.3 Å². The van der Waals surface area contributed by atoms with E-state index >= 15 is 0 Å². The first-order valence-electron chi connectivity index (χ1n) is 8.20. The number of carbonyl (C=O) groups is 2. The summed E-state index contributed by atoms with van der Waals surface area (Å²) in [5, 5.41) is 0. The zero-order valence-corrected chi connectivity index (χ0v) is 13.7. The van der Waals surface area contributed by atoms with Gasteiger partial charge < -0.3 is 9.64 Å². The Kier molecular flexibility index (Phi) is 4.94. The molecule has 4 heteroatoms. The quantitative estimate of drug-likeness (QED) is 0.813. The summed E-state index contributed by atoms with van der Waals surface area (Å²) in [6, 6.07) is 18.9. The van der Waals surface area contributed by atoms with Crippen molar-refractivity contribution in [1.82, 2.24) is 4.90 Å². The molecular formula is C20H21NO3. The van der Waals surface area contributed by atoms with E-state index in [0.717, 1.165) is 17.5 Å². The van der Waals surface area contributed by atoms with Crippen molar-refractivity contribution in [3.05, 3.63) is 71.8 Å². The van der Waals surface area contributed by atoms with Crippen LogP contribution in [0.15, 0.2) is 60.7 Å². The molecule has 0 aliphatic carbocycles. The van der Waals surface area contributed by atoms with E-state index in [-0.39, 0.29) is 11.9 Å². The number of likely N-dealkylation sites (tertiary alicyclic amines) is 1. The van der Waals surface area contributed by atoms with Gasteiger partial charge in [0.1, 0.15) is 6.04 Å². The number of hydrogen-bond acceptors (Lipinski definition) is 3. The van der Waals surface area contributed by atoms with Gasteiger partial charge in [0.15, 0.2) is 0 Å². The van der Waals surface area contributed by atoms with E-state index in [2.05, 4.69) is 0 Å². The van der Waals surface area contributed by atoms with Gasteiger partial charge in [-0.25, -0.2) is 4.79 Å². The summed E-state index contributed by atoms with van der Waals surface area (Å²) in [6.45, 7) is 0.592. The summed E-state index contributed by atoms with van der Waals surface area (Å²) >= 11 is 0. The monoisotopic (exact) mass is 323 g/mol. The van der Waals surface area contributed by atoms with Crippen LogP contribution in [0.2, 0.25) is 0 Å². The van der Waals surface area contributed by atoms with Crippen LogP contribution in [-0.2, 0) is 14.3 Å². The molecule has 0 radical (unpaired) electrons. The summed E-state index contributed by atoms with van der Waals surface area (Å²) in [4.78, 5) is 27.0. The van der Waals surface area contributed by atoms with Crippen molar-refractivity contribution in [3.63, 3.8) is 0 Å². The normalized spacial score (nSPS) is 17.1.